The van der Waals surface area contributed by atoms with Crippen molar-refractivity contribution in [2.24, 2.45) is 0 Å². The zero-order chi connectivity index (χ0) is 24.2. The van der Waals surface area contributed by atoms with Crippen molar-refractivity contribution in [3.63, 3.8) is 0 Å². The van der Waals surface area contributed by atoms with Gasteiger partial charge in [-0.05, 0) is 51.8 Å². The fraction of sp³-hybridized carbons (Fsp3) is 0.379. The molecule has 1 atom stereocenters. The Morgan fingerprint density at radius 1 is 0.818 bits per heavy atom. The molecule has 4 heteroatoms. The maximum absolute atomic E-state index is 11.5. The summed E-state index contributed by atoms with van der Waals surface area (Å²) in [5, 5.41) is 22.6. The Balaban J connectivity index is 1.74. The molecule has 0 fully saturated rings. The summed E-state index contributed by atoms with van der Waals surface area (Å²) in [5.41, 5.74) is 5.76. The van der Waals surface area contributed by atoms with Crippen LogP contribution in [0.1, 0.15) is 58.2 Å². The van der Waals surface area contributed by atoms with Crippen molar-refractivity contribution in [3.05, 3.63) is 77.4 Å². The Kier molecular flexibility index (Phi) is 5.83. The molecule has 0 bridgehead atoms. The number of phenols is 1. The van der Waals surface area contributed by atoms with Crippen molar-refractivity contribution >= 4 is 17.4 Å². The number of fused-ring (bicyclic) bond motifs is 1. The highest BCUT2D eigenvalue weighted by atomic mass is 32.2. The van der Waals surface area contributed by atoms with Crippen molar-refractivity contribution in [2.45, 2.75) is 62.2 Å². The number of hydrogen-bond donors (Lipinski definition) is 2. The number of β-amino-alcohol motifs (C(OH)–C–C–N with tert-alkyl or cyclic N) is 1. The number of thioether (sulfide) groups is 1. The molecule has 1 unspecified atom stereocenters. The van der Waals surface area contributed by atoms with Gasteiger partial charge in [-0.25, -0.2) is 0 Å². The Hall–Kier alpha value is -2.43. The van der Waals surface area contributed by atoms with Crippen LogP contribution >= 0.6 is 11.8 Å². The van der Waals surface area contributed by atoms with Crippen LogP contribution in [-0.4, -0.2) is 23.8 Å². The van der Waals surface area contributed by atoms with E-state index in [1.54, 1.807) is 0 Å². The smallest absolute Gasteiger partial charge is 0.157 e. The van der Waals surface area contributed by atoms with Gasteiger partial charge in [-0.2, -0.15) is 0 Å². The average molecular weight is 462 g/mol. The van der Waals surface area contributed by atoms with Crippen LogP contribution in [0.15, 0.2) is 65.6 Å². The van der Waals surface area contributed by atoms with Gasteiger partial charge in [0.15, 0.2) is 4.93 Å². The van der Waals surface area contributed by atoms with E-state index in [-0.39, 0.29) is 10.8 Å². The van der Waals surface area contributed by atoms with E-state index in [4.69, 9.17) is 0 Å². The summed E-state index contributed by atoms with van der Waals surface area (Å²) in [7, 11) is 2.02. The van der Waals surface area contributed by atoms with Crippen molar-refractivity contribution in [1.82, 2.24) is 0 Å². The summed E-state index contributed by atoms with van der Waals surface area (Å²) in [6, 6.07) is 20.6. The molecule has 3 nitrogen and oxygen atoms in total. The van der Waals surface area contributed by atoms with E-state index in [9.17, 15) is 10.2 Å². The third-order valence-electron chi connectivity index (χ3n) is 6.40. The lowest BCUT2D eigenvalue weighted by Crippen LogP contribution is -2.39. The minimum Gasteiger partial charge on any atom is -0.507 e. The van der Waals surface area contributed by atoms with Gasteiger partial charge in [0.25, 0.3) is 0 Å². The number of anilines is 1. The third-order valence-corrected chi connectivity index (χ3v) is 7.67. The van der Waals surface area contributed by atoms with Crippen molar-refractivity contribution in [2.75, 3.05) is 18.5 Å². The molecular formula is C29H35NO2S. The van der Waals surface area contributed by atoms with Crippen LogP contribution in [0.25, 0.3) is 11.1 Å². The van der Waals surface area contributed by atoms with E-state index in [0.717, 1.165) is 38.4 Å². The van der Waals surface area contributed by atoms with Crippen molar-refractivity contribution < 1.29 is 10.2 Å². The van der Waals surface area contributed by atoms with Crippen LogP contribution in [0.2, 0.25) is 0 Å². The molecule has 4 rings (SSSR count). The molecule has 1 aliphatic heterocycles. The topological polar surface area (TPSA) is 43.7 Å². The van der Waals surface area contributed by atoms with Crippen molar-refractivity contribution in [1.29, 1.82) is 0 Å². The average Bonchev–Trinajstić information content (AvgIpc) is 2.72. The van der Waals surface area contributed by atoms with E-state index in [0.29, 0.717) is 12.3 Å². The van der Waals surface area contributed by atoms with E-state index in [2.05, 4.69) is 82.8 Å². The SMILES string of the molecule is CN1CC(O)(c2ccc(-c3cc(C(C)(C)C)c(O)c(C(C)(C)C)c3)cc2)Sc2ccccc21. The van der Waals surface area contributed by atoms with Gasteiger partial charge < -0.3 is 15.1 Å². The molecule has 0 spiro atoms. The van der Waals surface area contributed by atoms with Gasteiger partial charge in [0.05, 0.1) is 12.2 Å². The number of para-hydroxylation sites is 1. The summed E-state index contributed by atoms with van der Waals surface area (Å²) < 4.78 is 0. The molecule has 0 aliphatic carbocycles. The second-order valence-corrected chi connectivity index (χ2v) is 12.5. The first-order valence-electron chi connectivity index (χ1n) is 11.5. The standard InChI is InChI=1S/C29H35NO2S/c1-27(2,3)22-16-20(17-23(26(22)31)28(4,5)6)19-12-14-21(15-13-19)29(32)18-30(7)24-10-8-9-11-25(24)33-29/h8-17,31-32H,18H2,1-7H3. The highest BCUT2D eigenvalue weighted by Crippen LogP contribution is 2.48. The lowest BCUT2D eigenvalue weighted by Gasteiger charge is -2.39. The second-order valence-electron chi connectivity index (χ2n) is 11.2. The Morgan fingerprint density at radius 2 is 1.36 bits per heavy atom. The predicted molar refractivity (Wildman–Crippen MR) is 140 cm³/mol. The van der Waals surface area contributed by atoms with Gasteiger partial charge in [0.1, 0.15) is 5.75 Å². The number of benzene rings is 3. The minimum atomic E-state index is -1.01. The van der Waals surface area contributed by atoms with Gasteiger partial charge in [-0.3, -0.25) is 0 Å². The first-order chi connectivity index (χ1) is 15.3. The zero-order valence-electron chi connectivity index (χ0n) is 20.7. The largest absolute Gasteiger partial charge is 0.507 e. The zero-order valence-corrected chi connectivity index (χ0v) is 21.5. The van der Waals surface area contributed by atoms with Crippen LogP contribution in [0.5, 0.6) is 5.75 Å². The number of aliphatic hydroxyl groups is 1. The maximum atomic E-state index is 11.5. The van der Waals surface area contributed by atoms with E-state index < -0.39 is 4.93 Å². The van der Waals surface area contributed by atoms with Gasteiger partial charge in [0, 0.05) is 23.1 Å². The van der Waals surface area contributed by atoms with E-state index in [1.165, 1.54) is 11.8 Å². The summed E-state index contributed by atoms with van der Waals surface area (Å²) in [6.45, 7) is 13.3. The van der Waals surface area contributed by atoms with E-state index >= 15 is 0 Å². The Morgan fingerprint density at radius 3 is 1.91 bits per heavy atom. The molecule has 0 saturated heterocycles. The van der Waals surface area contributed by atoms with Gasteiger partial charge >= 0.3 is 0 Å². The summed E-state index contributed by atoms with van der Waals surface area (Å²) >= 11 is 1.51. The number of phenolic OH excluding ortho intramolecular Hbond substituents is 1. The molecule has 2 N–H and O–H groups in total. The highest BCUT2D eigenvalue weighted by Gasteiger charge is 2.37. The molecule has 1 heterocycles. The first kappa shape index (κ1) is 23.7. The normalized spacial score (nSPS) is 18.8. The molecule has 1 aliphatic rings. The molecule has 0 aromatic heterocycles. The molecule has 174 valence electrons. The lowest BCUT2D eigenvalue weighted by atomic mass is 9.77. The maximum Gasteiger partial charge on any atom is 0.157 e. The van der Waals surface area contributed by atoms with Gasteiger partial charge in [0.2, 0.25) is 0 Å². The molecule has 0 amide bonds. The van der Waals surface area contributed by atoms with Crippen molar-refractivity contribution in [3.8, 4) is 16.9 Å². The Labute approximate surface area is 202 Å². The highest BCUT2D eigenvalue weighted by molar-refractivity contribution is 8.00. The van der Waals surface area contributed by atoms with Crippen LogP contribution in [0, 0.1) is 0 Å². The molecule has 3 aromatic carbocycles. The molecule has 3 aromatic rings. The van der Waals surface area contributed by atoms with Gasteiger partial charge in [-0.15, -0.1) is 0 Å². The minimum absolute atomic E-state index is 0.175. The Bertz CT molecular complexity index is 1140. The van der Waals surface area contributed by atoms with E-state index in [1.807, 2.05) is 31.3 Å². The van der Waals surface area contributed by atoms with Gasteiger partial charge in [-0.1, -0.05) is 89.7 Å². The summed E-state index contributed by atoms with van der Waals surface area (Å²) in [6.07, 6.45) is 0. The number of nitrogens with zero attached hydrogens (tertiary/aromatic N) is 1. The third kappa shape index (κ3) is 4.51. The first-order valence-corrected chi connectivity index (χ1v) is 12.3. The molecule has 0 radical (unpaired) electrons. The summed E-state index contributed by atoms with van der Waals surface area (Å²) in [5.74, 6) is 0.394. The van der Waals surface area contributed by atoms with Crippen LogP contribution < -0.4 is 4.90 Å². The number of hydrogen-bond acceptors (Lipinski definition) is 4. The number of rotatable bonds is 2. The van der Waals surface area contributed by atoms with Crippen LogP contribution in [0.4, 0.5) is 5.69 Å². The fourth-order valence-electron chi connectivity index (χ4n) is 4.50. The monoisotopic (exact) mass is 461 g/mol. The lowest BCUT2D eigenvalue weighted by molar-refractivity contribution is 0.143. The summed E-state index contributed by atoms with van der Waals surface area (Å²) in [4.78, 5) is 2.19. The molecular weight excluding hydrogens is 426 g/mol. The fourth-order valence-corrected chi connectivity index (χ4v) is 5.85. The quantitative estimate of drug-likeness (QED) is 0.429. The second kappa shape index (κ2) is 8.11. The molecule has 0 saturated carbocycles. The van der Waals surface area contributed by atoms with Crippen LogP contribution in [0.3, 0.4) is 0 Å². The number of aromatic hydroxyl groups is 1. The van der Waals surface area contributed by atoms with Crippen LogP contribution in [-0.2, 0) is 15.8 Å². The predicted octanol–water partition coefficient (Wildman–Crippen LogP) is 7.04. The number of likely N-dealkylation sites (N-methyl/N-ethyl adjacent to an activating group) is 1. The molecule has 33 heavy (non-hydrogen) atoms.